The van der Waals surface area contributed by atoms with Crippen molar-refractivity contribution in [3.8, 4) is 6.07 Å². The second-order valence-corrected chi connectivity index (χ2v) is 4.48. The lowest BCUT2D eigenvalue weighted by Crippen LogP contribution is -2.09. The molecule has 2 aromatic heterocycles. The Hall–Kier alpha value is -2.65. The van der Waals surface area contributed by atoms with Crippen LogP contribution in [0.15, 0.2) is 30.5 Å². The van der Waals surface area contributed by atoms with Crippen molar-refractivity contribution >= 4 is 10.9 Å². The van der Waals surface area contributed by atoms with Crippen molar-refractivity contribution in [2.75, 3.05) is 6.61 Å². The van der Waals surface area contributed by atoms with Crippen LogP contribution in [0.25, 0.3) is 10.9 Å². The topological polar surface area (TPSA) is 90.5 Å². The molecule has 2 N–H and O–H groups in total. The molecule has 6 heteroatoms. The van der Waals surface area contributed by atoms with E-state index in [-0.39, 0.29) is 6.61 Å². The molecule has 0 spiro atoms. The van der Waals surface area contributed by atoms with Gasteiger partial charge in [-0.3, -0.25) is 0 Å². The Labute approximate surface area is 115 Å². The molecule has 20 heavy (non-hydrogen) atoms. The van der Waals surface area contributed by atoms with Gasteiger partial charge in [-0.15, -0.1) is 5.10 Å². The number of para-hydroxylation sites is 1. The standard InChI is InChI=1S/C14H13N5O/c15-8-13-14(19(5-6-20)18-17-13)7-10-9-16-12-4-2-1-3-11(10)12/h1-4,9,16,20H,5-7H2. The number of fused-ring (bicyclic) bond motifs is 1. The zero-order valence-electron chi connectivity index (χ0n) is 10.7. The number of aliphatic hydroxyl groups is 1. The SMILES string of the molecule is N#Cc1nnn(CCO)c1Cc1c[nH]c2ccccc12. The van der Waals surface area contributed by atoms with E-state index >= 15 is 0 Å². The van der Waals surface area contributed by atoms with Gasteiger partial charge in [0.25, 0.3) is 0 Å². The van der Waals surface area contributed by atoms with Gasteiger partial charge in [0.2, 0.25) is 0 Å². The molecule has 2 heterocycles. The number of benzene rings is 1. The quantitative estimate of drug-likeness (QED) is 0.743. The van der Waals surface area contributed by atoms with Crippen LogP contribution in [0.4, 0.5) is 0 Å². The van der Waals surface area contributed by atoms with E-state index in [9.17, 15) is 0 Å². The van der Waals surface area contributed by atoms with Crippen molar-refractivity contribution in [1.29, 1.82) is 5.26 Å². The van der Waals surface area contributed by atoms with Crippen LogP contribution in [-0.4, -0.2) is 31.7 Å². The molecule has 0 saturated heterocycles. The summed E-state index contributed by atoms with van der Waals surface area (Å²) in [7, 11) is 0. The van der Waals surface area contributed by atoms with Crippen LogP contribution in [0.3, 0.4) is 0 Å². The highest BCUT2D eigenvalue weighted by Crippen LogP contribution is 2.21. The normalized spacial score (nSPS) is 10.8. The van der Waals surface area contributed by atoms with E-state index in [0.717, 1.165) is 22.2 Å². The molecular weight excluding hydrogens is 254 g/mol. The molecule has 3 aromatic rings. The van der Waals surface area contributed by atoms with Gasteiger partial charge in [-0.25, -0.2) is 4.68 Å². The number of hydrogen-bond acceptors (Lipinski definition) is 4. The first-order valence-electron chi connectivity index (χ1n) is 6.32. The van der Waals surface area contributed by atoms with Crippen molar-refractivity contribution in [3.05, 3.63) is 47.4 Å². The number of hydrogen-bond donors (Lipinski definition) is 2. The molecule has 0 aliphatic rings. The maximum absolute atomic E-state index is 9.11. The second-order valence-electron chi connectivity index (χ2n) is 4.48. The Morgan fingerprint density at radius 1 is 1.35 bits per heavy atom. The first kappa shape index (κ1) is 12.4. The van der Waals surface area contributed by atoms with E-state index in [4.69, 9.17) is 10.4 Å². The minimum absolute atomic E-state index is 0.0326. The fraction of sp³-hybridized carbons (Fsp3) is 0.214. The summed E-state index contributed by atoms with van der Waals surface area (Å²) in [6, 6.07) is 10.0. The van der Waals surface area contributed by atoms with Gasteiger partial charge < -0.3 is 10.1 Å². The Bertz CT molecular complexity index is 780. The molecular formula is C14H13N5O. The summed E-state index contributed by atoms with van der Waals surface area (Å²) in [6.45, 7) is 0.307. The van der Waals surface area contributed by atoms with E-state index in [1.807, 2.05) is 36.5 Å². The first-order valence-corrected chi connectivity index (χ1v) is 6.32. The smallest absolute Gasteiger partial charge is 0.186 e. The zero-order chi connectivity index (χ0) is 13.9. The molecule has 0 aliphatic carbocycles. The van der Waals surface area contributed by atoms with E-state index < -0.39 is 0 Å². The molecule has 0 unspecified atom stereocenters. The molecule has 100 valence electrons. The average Bonchev–Trinajstić information content (AvgIpc) is 3.05. The summed E-state index contributed by atoms with van der Waals surface area (Å²) in [4.78, 5) is 3.21. The fourth-order valence-electron chi connectivity index (χ4n) is 2.33. The van der Waals surface area contributed by atoms with E-state index in [1.165, 1.54) is 0 Å². The van der Waals surface area contributed by atoms with Gasteiger partial charge in [0.05, 0.1) is 18.8 Å². The maximum Gasteiger partial charge on any atom is 0.186 e. The molecule has 1 aromatic carbocycles. The lowest BCUT2D eigenvalue weighted by Gasteiger charge is -2.04. The lowest BCUT2D eigenvalue weighted by molar-refractivity contribution is 0.266. The molecule has 0 aliphatic heterocycles. The van der Waals surface area contributed by atoms with Crippen LogP contribution in [0.2, 0.25) is 0 Å². The van der Waals surface area contributed by atoms with Crippen LogP contribution in [0.5, 0.6) is 0 Å². The van der Waals surface area contributed by atoms with Gasteiger partial charge >= 0.3 is 0 Å². The second kappa shape index (κ2) is 5.15. The first-order chi connectivity index (χ1) is 9.83. The molecule has 0 saturated carbocycles. The summed E-state index contributed by atoms with van der Waals surface area (Å²) in [5.74, 6) is 0. The third-order valence-corrected chi connectivity index (χ3v) is 3.29. The third kappa shape index (κ3) is 2.04. The minimum Gasteiger partial charge on any atom is -0.394 e. The number of rotatable bonds is 4. The Kier molecular flexibility index (Phi) is 3.19. The predicted octanol–water partition coefficient (Wildman–Crippen LogP) is 1.21. The van der Waals surface area contributed by atoms with Crippen LogP contribution < -0.4 is 0 Å². The number of nitrogens with zero attached hydrogens (tertiary/aromatic N) is 4. The predicted molar refractivity (Wildman–Crippen MR) is 72.9 cm³/mol. The molecule has 0 bridgehead atoms. The molecule has 3 rings (SSSR count). The lowest BCUT2D eigenvalue weighted by atomic mass is 10.1. The van der Waals surface area contributed by atoms with E-state index in [0.29, 0.717) is 18.7 Å². The molecule has 0 radical (unpaired) electrons. The van der Waals surface area contributed by atoms with Crippen molar-refractivity contribution in [2.24, 2.45) is 0 Å². The van der Waals surface area contributed by atoms with E-state index in [1.54, 1.807) is 4.68 Å². The van der Waals surface area contributed by atoms with Crippen molar-refractivity contribution in [3.63, 3.8) is 0 Å². The summed E-state index contributed by atoms with van der Waals surface area (Å²) >= 11 is 0. The van der Waals surface area contributed by atoms with Crippen LogP contribution in [0, 0.1) is 11.3 Å². The van der Waals surface area contributed by atoms with Crippen molar-refractivity contribution < 1.29 is 5.11 Å². The van der Waals surface area contributed by atoms with E-state index in [2.05, 4.69) is 15.3 Å². The molecule has 0 fully saturated rings. The number of aliphatic hydroxyl groups excluding tert-OH is 1. The summed E-state index contributed by atoms with van der Waals surface area (Å²) in [5, 5.41) is 27.0. The van der Waals surface area contributed by atoms with Gasteiger partial charge in [-0.1, -0.05) is 23.4 Å². The van der Waals surface area contributed by atoms with Crippen LogP contribution in [0.1, 0.15) is 17.0 Å². The molecule has 0 amide bonds. The van der Waals surface area contributed by atoms with Crippen molar-refractivity contribution in [2.45, 2.75) is 13.0 Å². The van der Waals surface area contributed by atoms with Crippen LogP contribution in [-0.2, 0) is 13.0 Å². The fourth-order valence-corrected chi connectivity index (χ4v) is 2.33. The minimum atomic E-state index is -0.0326. The summed E-state index contributed by atoms with van der Waals surface area (Å²) in [6.07, 6.45) is 2.49. The number of nitriles is 1. The number of aromatic amines is 1. The summed E-state index contributed by atoms with van der Waals surface area (Å²) in [5.41, 5.74) is 3.18. The number of H-pyrrole nitrogens is 1. The summed E-state index contributed by atoms with van der Waals surface area (Å²) < 4.78 is 1.58. The van der Waals surface area contributed by atoms with Gasteiger partial charge in [-0.2, -0.15) is 5.26 Å². The molecule has 0 atom stereocenters. The van der Waals surface area contributed by atoms with Crippen molar-refractivity contribution in [1.82, 2.24) is 20.0 Å². The highest BCUT2D eigenvalue weighted by atomic mass is 16.3. The maximum atomic E-state index is 9.11. The Balaban J connectivity index is 2.02. The highest BCUT2D eigenvalue weighted by Gasteiger charge is 2.14. The van der Waals surface area contributed by atoms with Gasteiger partial charge in [0, 0.05) is 23.5 Å². The van der Waals surface area contributed by atoms with Gasteiger partial charge in [0.1, 0.15) is 6.07 Å². The average molecular weight is 267 g/mol. The van der Waals surface area contributed by atoms with Gasteiger partial charge in [0.15, 0.2) is 5.69 Å². The number of aromatic nitrogens is 4. The highest BCUT2D eigenvalue weighted by molar-refractivity contribution is 5.83. The monoisotopic (exact) mass is 267 g/mol. The third-order valence-electron chi connectivity index (χ3n) is 3.29. The number of nitrogens with one attached hydrogen (secondary N) is 1. The van der Waals surface area contributed by atoms with Gasteiger partial charge in [-0.05, 0) is 11.6 Å². The Morgan fingerprint density at radius 3 is 3.00 bits per heavy atom. The Morgan fingerprint density at radius 2 is 2.20 bits per heavy atom. The molecule has 6 nitrogen and oxygen atoms in total. The zero-order valence-corrected chi connectivity index (χ0v) is 10.7. The largest absolute Gasteiger partial charge is 0.394 e. The van der Waals surface area contributed by atoms with Crippen LogP contribution >= 0.6 is 0 Å².